The lowest BCUT2D eigenvalue weighted by molar-refractivity contribution is -0.626. The third-order valence-electron chi connectivity index (χ3n) is 6.47. The van der Waals surface area contributed by atoms with Crippen molar-refractivity contribution < 1.29 is 18.8 Å². The number of carbonyl (C=O) groups is 1. The van der Waals surface area contributed by atoms with E-state index in [1.54, 1.807) is 18.4 Å². The molecule has 0 aliphatic carbocycles. The quantitative estimate of drug-likeness (QED) is 0.204. The highest BCUT2D eigenvalue weighted by atomic mass is 32.1. The normalized spacial score (nSPS) is 12.4. The van der Waals surface area contributed by atoms with Gasteiger partial charge in [-0.05, 0) is 71.9 Å². The molecule has 0 spiro atoms. The Morgan fingerprint density at radius 2 is 1.68 bits per heavy atom. The zero-order chi connectivity index (χ0) is 28.7. The Kier molecular flexibility index (Phi) is 10.8. The molecule has 7 nitrogen and oxygen atoms in total. The van der Waals surface area contributed by atoms with Crippen LogP contribution in [-0.4, -0.2) is 32.8 Å². The molecule has 0 bridgehead atoms. The number of ether oxygens (including phenoxy) is 2. The fourth-order valence-electron chi connectivity index (χ4n) is 4.15. The SMILES string of the molecule is CCN(CCOC(=O)C(CC(C)(C)C)C(C)(C)C)c1ccc(N)cc1.COc1ccc2c(c1)sc(N)[n+]2C. The van der Waals surface area contributed by atoms with Crippen LogP contribution in [0.2, 0.25) is 0 Å². The summed E-state index contributed by atoms with van der Waals surface area (Å²) in [5.41, 5.74) is 14.5. The number of carbonyl (C=O) groups excluding carboxylic acids is 1. The van der Waals surface area contributed by atoms with Crippen LogP contribution in [0.25, 0.3) is 10.2 Å². The first-order valence-electron chi connectivity index (χ1n) is 13.2. The molecule has 0 aliphatic rings. The summed E-state index contributed by atoms with van der Waals surface area (Å²) < 4.78 is 13.9. The number of methoxy groups -OCH3 is 1. The molecule has 1 aromatic heterocycles. The summed E-state index contributed by atoms with van der Waals surface area (Å²) in [7, 11) is 3.62. The molecule has 0 saturated carbocycles. The van der Waals surface area contributed by atoms with Gasteiger partial charge in [-0.3, -0.25) is 10.5 Å². The zero-order valence-electron chi connectivity index (χ0n) is 24.6. The van der Waals surface area contributed by atoms with E-state index in [9.17, 15) is 4.79 Å². The van der Waals surface area contributed by atoms with Crippen molar-refractivity contribution in [2.45, 2.75) is 54.9 Å². The van der Waals surface area contributed by atoms with E-state index >= 15 is 0 Å². The second kappa shape index (κ2) is 13.2. The van der Waals surface area contributed by atoms with Crippen molar-refractivity contribution in [3.8, 4) is 5.75 Å². The van der Waals surface area contributed by atoms with Crippen molar-refractivity contribution >= 4 is 44.0 Å². The van der Waals surface area contributed by atoms with E-state index in [2.05, 4.69) is 53.4 Å². The summed E-state index contributed by atoms with van der Waals surface area (Å²) in [6, 6.07) is 13.7. The highest BCUT2D eigenvalue weighted by Crippen LogP contribution is 2.36. The van der Waals surface area contributed by atoms with Gasteiger partial charge >= 0.3 is 11.1 Å². The molecule has 1 atom stereocenters. The lowest BCUT2D eigenvalue weighted by atomic mass is 9.72. The highest BCUT2D eigenvalue weighted by molar-refractivity contribution is 7.21. The Labute approximate surface area is 232 Å². The zero-order valence-corrected chi connectivity index (χ0v) is 25.4. The topological polar surface area (TPSA) is 94.7 Å². The molecule has 3 aromatic rings. The first-order chi connectivity index (χ1) is 17.7. The summed E-state index contributed by atoms with van der Waals surface area (Å²) in [6.45, 7) is 16.8. The monoisotopic (exact) mass is 543 g/mol. The number of nitrogens with zero attached hydrogens (tertiary/aromatic N) is 2. The maximum atomic E-state index is 12.7. The van der Waals surface area contributed by atoms with Gasteiger partial charge in [0.2, 0.25) is 0 Å². The van der Waals surface area contributed by atoms with E-state index in [-0.39, 0.29) is 22.7 Å². The molecule has 1 unspecified atom stereocenters. The minimum atomic E-state index is -0.105. The van der Waals surface area contributed by atoms with Crippen molar-refractivity contribution in [3.05, 3.63) is 42.5 Å². The van der Waals surface area contributed by atoms with Crippen molar-refractivity contribution in [1.29, 1.82) is 0 Å². The second-order valence-electron chi connectivity index (χ2n) is 11.9. The average molecular weight is 544 g/mol. The van der Waals surface area contributed by atoms with Gasteiger partial charge in [0, 0.05) is 24.0 Å². The smallest absolute Gasteiger partial charge is 0.332 e. The Hall–Kier alpha value is -3.00. The molecule has 0 saturated heterocycles. The van der Waals surface area contributed by atoms with E-state index in [0.29, 0.717) is 13.2 Å². The van der Waals surface area contributed by atoms with Gasteiger partial charge in [-0.1, -0.05) is 41.5 Å². The van der Waals surface area contributed by atoms with E-state index < -0.39 is 0 Å². The third-order valence-corrected chi connectivity index (χ3v) is 7.50. The standard InChI is InChI=1S/C21H36N2O2.C9H10N2OS/c1-8-23(17-11-9-16(22)10-12-17)13-14-25-19(24)18(21(5,6)7)15-20(2,3)4;1-11-7-4-3-6(12-2)5-8(7)13-9(11)10/h9-12,18H,8,13-15,22H2,1-7H3;3-5,10H,1-2H3/p+1. The first kappa shape index (κ1) is 31.2. The van der Waals surface area contributed by atoms with Gasteiger partial charge in [0.05, 0.1) is 31.3 Å². The minimum absolute atomic E-state index is 0.0872. The molecule has 3 rings (SSSR count). The predicted octanol–water partition coefficient (Wildman–Crippen LogP) is 6.05. The lowest BCUT2D eigenvalue weighted by Crippen LogP contribution is -2.35. The molecule has 8 heteroatoms. The van der Waals surface area contributed by atoms with Crippen molar-refractivity contribution in [1.82, 2.24) is 0 Å². The molecular formula is C30H47N4O3S+. The van der Waals surface area contributed by atoms with Crippen LogP contribution in [0.4, 0.5) is 16.5 Å². The number of hydrogen-bond donors (Lipinski definition) is 2. The van der Waals surface area contributed by atoms with Gasteiger partial charge in [0.25, 0.3) is 0 Å². The van der Waals surface area contributed by atoms with Gasteiger partial charge < -0.3 is 20.1 Å². The Morgan fingerprint density at radius 3 is 2.21 bits per heavy atom. The van der Waals surface area contributed by atoms with Crippen LogP contribution in [-0.2, 0) is 16.6 Å². The second-order valence-corrected chi connectivity index (χ2v) is 12.9. The first-order valence-corrected chi connectivity index (χ1v) is 14.0. The summed E-state index contributed by atoms with van der Waals surface area (Å²) in [5.74, 6) is 0.684. The number of likely N-dealkylation sites (N-methyl/N-ethyl adjacent to an activating group) is 1. The number of fused-ring (bicyclic) bond motifs is 1. The lowest BCUT2D eigenvalue weighted by Gasteiger charge is -2.34. The van der Waals surface area contributed by atoms with Crippen LogP contribution in [0.3, 0.4) is 0 Å². The maximum Gasteiger partial charge on any atom is 0.332 e. The number of esters is 1. The molecule has 2 aromatic carbocycles. The van der Waals surface area contributed by atoms with E-state index in [0.717, 1.165) is 45.4 Å². The van der Waals surface area contributed by atoms with Gasteiger partial charge in [0.1, 0.15) is 17.9 Å². The van der Waals surface area contributed by atoms with Gasteiger partial charge in [-0.25, -0.2) is 4.57 Å². The van der Waals surface area contributed by atoms with Crippen LogP contribution in [0.1, 0.15) is 54.9 Å². The number of benzene rings is 2. The maximum absolute atomic E-state index is 12.7. The number of aryl methyl sites for hydroxylation is 1. The molecule has 0 radical (unpaired) electrons. The largest absolute Gasteiger partial charge is 0.497 e. The van der Waals surface area contributed by atoms with Crippen LogP contribution >= 0.6 is 11.3 Å². The summed E-state index contributed by atoms with van der Waals surface area (Å²) in [6.07, 6.45) is 0.824. The van der Waals surface area contributed by atoms with E-state index in [1.165, 1.54) is 0 Å². The van der Waals surface area contributed by atoms with Crippen LogP contribution in [0.15, 0.2) is 42.5 Å². The molecule has 210 valence electrons. The van der Waals surface area contributed by atoms with Gasteiger partial charge in [-0.2, -0.15) is 0 Å². The number of hydrogen-bond acceptors (Lipinski definition) is 7. The van der Waals surface area contributed by atoms with Gasteiger partial charge in [0.15, 0.2) is 0 Å². The predicted molar refractivity (Wildman–Crippen MR) is 161 cm³/mol. The Bertz CT molecular complexity index is 1180. The summed E-state index contributed by atoms with van der Waals surface area (Å²) in [5, 5.41) is 0.809. The number of thiazole rings is 1. The molecule has 0 fully saturated rings. The number of anilines is 3. The third kappa shape index (κ3) is 9.08. The molecule has 38 heavy (non-hydrogen) atoms. The minimum Gasteiger partial charge on any atom is -0.497 e. The summed E-state index contributed by atoms with van der Waals surface area (Å²) >= 11 is 1.57. The number of nitrogen functional groups attached to an aromatic ring is 2. The molecule has 0 amide bonds. The van der Waals surface area contributed by atoms with Crippen molar-refractivity contribution in [2.75, 3.05) is 43.2 Å². The van der Waals surface area contributed by atoms with Crippen LogP contribution in [0.5, 0.6) is 5.75 Å². The number of rotatable bonds is 8. The Balaban J connectivity index is 0.000000323. The highest BCUT2D eigenvalue weighted by Gasteiger charge is 2.35. The fourth-order valence-corrected chi connectivity index (χ4v) is 5.09. The summed E-state index contributed by atoms with van der Waals surface area (Å²) in [4.78, 5) is 14.8. The van der Waals surface area contributed by atoms with E-state index in [4.69, 9.17) is 20.9 Å². The molecular weight excluding hydrogens is 496 g/mol. The van der Waals surface area contributed by atoms with Crippen LogP contribution < -0.4 is 25.7 Å². The molecule has 4 N–H and O–H groups in total. The molecule has 0 aliphatic heterocycles. The van der Waals surface area contributed by atoms with E-state index in [1.807, 2.05) is 54.1 Å². The Morgan fingerprint density at radius 1 is 1.05 bits per heavy atom. The number of aromatic nitrogens is 1. The number of nitrogens with two attached hydrogens (primary N) is 2. The van der Waals surface area contributed by atoms with Gasteiger partial charge in [-0.15, -0.1) is 0 Å². The van der Waals surface area contributed by atoms with Crippen molar-refractivity contribution in [2.24, 2.45) is 23.8 Å². The van der Waals surface area contributed by atoms with Crippen molar-refractivity contribution in [3.63, 3.8) is 0 Å². The fraction of sp³-hybridized carbons (Fsp3) is 0.533. The van der Waals surface area contributed by atoms with Crippen LogP contribution in [0, 0.1) is 16.7 Å². The average Bonchev–Trinajstić information content (AvgIpc) is 3.12. The molecule has 1 heterocycles.